The number of rotatable bonds is 10. The molecule has 206 valence electrons. The summed E-state index contributed by atoms with van der Waals surface area (Å²) in [6.07, 6.45) is 7.70. The molecule has 1 N–H and O–H groups in total. The summed E-state index contributed by atoms with van der Waals surface area (Å²) in [4.78, 5) is 26.5. The second-order valence-electron chi connectivity index (χ2n) is 10.2. The van der Waals surface area contributed by atoms with E-state index >= 15 is 0 Å². The maximum Gasteiger partial charge on any atom is 0.335 e. The van der Waals surface area contributed by atoms with Crippen molar-refractivity contribution in [1.82, 2.24) is 9.78 Å². The molecule has 7 heteroatoms. The van der Waals surface area contributed by atoms with Gasteiger partial charge in [0.15, 0.2) is 0 Å². The van der Waals surface area contributed by atoms with Crippen LogP contribution >= 0.6 is 0 Å². The minimum atomic E-state index is -0.942. The SMILES string of the molecule is CCc1cccc(OCCCC(=O)N2CCCc3c(-c4cnn(Cc5cccc(C(=O)O)c5)c4)cccc32)c1C. The molecule has 0 atom stereocenters. The zero-order chi connectivity index (χ0) is 28.1. The average Bonchev–Trinajstić information content (AvgIpc) is 3.43. The van der Waals surface area contributed by atoms with Gasteiger partial charge in [-0.25, -0.2) is 4.79 Å². The highest BCUT2D eigenvalue weighted by atomic mass is 16.5. The molecule has 0 bridgehead atoms. The molecule has 4 aromatic rings. The summed E-state index contributed by atoms with van der Waals surface area (Å²) in [6, 6.07) is 19.2. The lowest BCUT2D eigenvalue weighted by Crippen LogP contribution is -2.35. The smallest absolute Gasteiger partial charge is 0.335 e. The molecule has 0 aliphatic carbocycles. The molecule has 0 radical (unpaired) electrons. The highest BCUT2D eigenvalue weighted by Crippen LogP contribution is 2.36. The molecule has 0 saturated carbocycles. The van der Waals surface area contributed by atoms with Gasteiger partial charge >= 0.3 is 5.97 Å². The van der Waals surface area contributed by atoms with Gasteiger partial charge in [-0.3, -0.25) is 9.48 Å². The molecule has 1 aliphatic rings. The van der Waals surface area contributed by atoms with E-state index in [2.05, 4.69) is 31.1 Å². The summed E-state index contributed by atoms with van der Waals surface area (Å²) in [7, 11) is 0. The Kier molecular flexibility index (Phi) is 8.29. The highest BCUT2D eigenvalue weighted by Gasteiger charge is 2.24. The Bertz CT molecular complexity index is 1520. The maximum atomic E-state index is 13.3. The number of carboxylic acids is 1. The minimum absolute atomic E-state index is 0.120. The first kappa shape index (κ1) is 27.2. The summed E-state index contributed by atoms with van der Waals surface area (Å²) < 4.78 is 7.84. The number of aromatic carboxylic acids is 1. The molecule has 0 saturated heterocycles. The van der Waals surface area contributed by atoms with E-state index in [1.807, 2.05) is 52.3 Å². The highest BCUT2D eigenvalue weighted by molar-refractivity contribution is 5.96. The lowest BCUT2D eigenvalue weighted by atomic mass is 9.93. The largest absolute Gasteiger partial charge is 0.493 e. The predicted octanol–water partition coefficient (Wildman–Crippen LogP) is 6.31. The van der Waals surface area contributed by atoms with Crippen molar-refractivity contribution in [3.63, 3.8) is 0 Å². The number of benzene rings is 3. The predicted molar refractivity (Wildman–Crippen MR) is 156 cm³/mol. The quantitative estimate of drug-likeness (QED) is 0.240. The van der Waals surface area contributed by atoms with Gasteiger partial charge in [-0.2, -0.15) is 5.10 Å². The zero-order valence-electron chi connectivity index (χ0n) is 23.1. The van der Waals surface area contributed by atoms with Crippen LogP contribution < -0.4 is 9.64 Å². The number of aromatic nitrogens is 2. The molecule has 1 aliphatic heterocycles. The van der Waals surface area contributed by atoms with Gasteiger partial charge in [-0.05, 0) is 84.7 Å². The van der Waals surface area contributed by atoms with Crippen molar-refractivity contribution in [2.45, 2.75) is 52.5 Å². The first-order chi connectivity index (χ1) is 19.4. The fourth-order valence-corrected chi connectivity index (χ4v) is 5.47. The van der Waals surface area contributed by atoms with E-state index in [0.717, 1.165) is 53.0 Å². The average molecular weight is 538 g/mol. The normalized spacial score (nSPS) is 12.7. The molecule has 0 fully saturated rings. The second-order valence-corrected chi connectivity index (χ2v) is 10.2. The Morgan fingerprint density at radius 1 is 1.07 bits per heavy atom. The van der Waals surface area contributed by atoms with E-state index < -0.39 is 5.97 Å². The molecule has 0 unspecified atom stereocenters. The number of ether oxygens (including phenoxy) is 1. The Hall–Kier alpha value is -4.39. The lowest BCUT2D eigenvalue weighted by molar-refractivity contribution is -0.118. The molecule has 1 aromatic heterocycles. The molecule has 0 spiro atoms. The molecule has 2 heterocycles. The third kappa shape index (κ3) is 5.93. The molecular weight excluding hydrogens is 502 g/mol. The van der Waals surface area contributed by atoms with Crippen LogP contribution in [0.15, 0.2) is 73.1 Å². The van der Waals surface area contributed by atoms with Crippen LogP contribution in [-0.4, -0.2) is 39.9 Å². The second kappa shape index (κ2) is 12.2. The van der Waals surface area contributed by atoms with Crippen LogP contribution in [0.4, 0.5) is 5.69 Å². The molecule has 5 rings (SSSR count). The minimum Gasteiger partial charge on any atom is -0.493 e. The van der Waals surface area contributed by atoms with Crippen LogP contribution in [0.2, 0.25) is 0 Å². The Labute approximate surface area is 235 Å². The van der Waals surface area contributed by atoms with E-state index in [0.29, 0.717) is 32.5 Å². The molecular formula is C33H35N3O4. The number of fused-ring (bicyclic) bond motifs is 1. The van der Waals surface area contributed by atoms with Crippen LogP contribution in [0.5, 0.6) is 5.75 Å². The Morgan fingerprint density at radius 3 is 2.73 bits per heavy atom. The number of aryl methyl sites for hydroxylation is 1. The Balaban J connectivity index is 1.25. The first-order valence-electron chi connectivity index (χ1n) is 13.9. The maximum absolute atomic E-state index is 13.3. The third-order valence-electron chi connectivity index (χ3n) is 7.58. The van der Waals surface area contributed by atoms with Crippen molar-refractivity contribution in [2.24, 2.45) is 0 Å². The summed E-state index contributed by atoms with van der Waals surface area (Å²) in [5.41, 5.74) is 7.80. The number of carboxylic acid groups (broad SMARTS) is 1. The van der Waals surface area contributed by atoms with Crippen LogP contribution in [0.1, 0.15) is 58.8 Å². The van der Waals surface area contributed by atoms with E-state index in [4.69, 9.17) is 4.74 Å². The molecule has 1 amide bonds. The Morgan fingerprint density at radius 2 is 1.90 bits per heavy atom. The van der Waals surface area contributed by atoms with Crippen molar-refractivity contribution < 1.29 is 19.4 Å². The summed E-state index contributed by atoms with van der Waals surface area (Å²) >= 11 is 0. The number of nitrogens with zero attached hydrogens (tertiary/aromatic N) is 3. The van der Waals surface area contributed by atoms with Gasteiger partial charge in [0, 0.05) is 30.4 Å². The zero-order valence-corrected chi connectivity index (χ0v) is 23.1. The van der Waals surface area contributed by atoms with Crippen molar-refractivity contribution in [3.05, 3.63) is 101 Å². The fourth-order valence-electron chi connectivity index (χ4n) is 5.47. The molecule has 7 nitrogen and oxygen atoms in total. The fraction of sp³-hybridized carbons (Fsp3) is 0.303. The number of anilines is 1. The van der Waals surface area contributed by atoms with Gasteiger partial charge in [0.05, 0.1) is 24.9 Å². The summed E-state index contributed by atoms with van der Waals surface area (Å²) in [5.74, 6) is 0.0760. The number of hydrogen-bond donors (Lipinski definition) is 1. The van der Waals surface area contributed by atoms with Crippen LogP contribution in [-0.2, 0) is 24.2 Å². The van der Waals surface area contributed by atoms with E-state index in [-0.39, 0.29) is 11.5 Å². The van der Waals surface area contributed by atoms with Gasteiger partial charge in [0.1, 0.15) is 5.75 Å². The molecule has 40 heavy (non-hydrogen) atoms. The first-order valence-corrected chi connectivity index (χ1v) is 13.9. The van der Waals surface area contributed by atoms with Crippen molar-refractivity contribution >= 4 is 17.6 Å². The standard InChI is InChI=1S/C33H35N3O4/c1-3-25-10-5-15-31(23(25)2)40-18-8-16-32(37)36-17-7-13-29-28(12-6-14-30(29)36)27-20-34-35(22-27)21-24-9-4-11-26(19-24)33(38)39/h4-6,9-12,14-15,19-20,22H,3,7-8,13,16-18,21H2,1-2H3,(H,38,39). The van der Waals surface area contributed by atoms with Gasteiger partial charge in [0.25, 0.3) is 0 Å². The van der Waals surface area contributed by atoms with E-state index in [1.54, 1.807) is 18.2 Å². The molecule has 3 aromatic carbocycles. The van der Waals surface area contributed by atoms with Crippen molar-refractivity contribution in [2.75, 3.05) is 18.1 Å². The number of carbonyl (C=O) groups is 2. The van der Waals surface area contributed by atoms with Crippen LogP contribution in [0, 0.1) is 6.92 Å². The van der Waals surface area contributed by atoms with E-state index in [9.17, 15) is 14.7 Å². The summed E-state index contributed by atoms with van der Waals surface area (Å²) in [5, 5.41) is 13.8. The van der Waals surface area contributed by atoms with Crippen molar-refractivity contribution in [3.8, 4) is 16.9 Å². The van der Waals surface area contributed by atoms with E-state index in [1.165, 1.54) is 11.1 Å². The number of carbonyl (C=O) groups excluding carboxylic acids is 1. The lowest BCUT2D eigenvalue weighted by Gasteiger charge is -2.31. The summed E-state index contributed by atoms with van der Waals surface area (Å²) in [6.45, 7) is 5.93. The number of hydrogen-bond acceptors (Lipinski definition) is 4. The van der Waals surface area contributed by atoms with Gasteiger partial charge in [-0.1, -0.05) is 43.3 Å². The van der Waals surface area contributed by atoms with Crippen molar-refractivity contribution in [1.29, 1.82) is 0 Å². The third-order valence-corrected chi connectivity index (χ3v) is 7.58. The number of amides is 1. The van der Waals surface area contributed by atoms with Crippen LogP contribution in [0.25, 0.3) is 11.1 Å². The van der Waals surface area contributed by atoms with Gasteiger partial charge < -0.3 is 14.7 Å². The topological polar surface area (TPSA) is 84.7 Å². The van der Waals surface area contributed by atoms with Crippen LogP contribution in [0.3, 0.4) is 0 Å². The monoisotopic (exact) mass is 537 g/mol. The van der Waals surface area contributed by atoms with Gasteiger partial charge in [-0.15, -0.1) is 0 Å². The van der Waals surface area contributed by atoms with Gasteiger partial charge in [0.2, 0.25) is 5.91 Å².